The molecule has 1 amide bonds. The monoisotopic (exact) mass is 443 g/mol. The number of nitrogens with zero attached hydrogens (tertiary/aromatic N) is 3. The molecular formula is C17H32Cl3N5O2. The van der Waals surface area contributed by atoms with Crippen LogP contribution in [0.4, 0.5) is 11.5 Å². The third-order valence-corrected chi connectivity index (χ3v) is 4.34. The van der Waals surface area contributed by atoms with Crippen molar-refractivity contribution in [2.75, 3.05) is 64.2 Å². The molecule has 0 aromatic carbocycles. The number of anilines is 2. The first-order valence-electron chi connectivity index (χ1n) is 8.47. The molecule has 10 heteroatoms. The van der Waals surface area contributed by atoms with Crippen molar-refractivity contribution in [2.45, 2.75) is 18.9 Å². The Labute approximate surface area is 180 Å². The minimum atomic E-state index is -0.0989. The van der Waals surface area contributed by atoms with Crippen LogP contribution in [-0.2, 0) is 9.53 Å². The van der Waals surface area contributed by atoms with Crippen LogP contribution in [-0.4, -0.2) is 75.8 Å². The van der Waals surface area contributed by atoms with E-state index >= 15 is 0 Å². The lowest BCUT2D eigenvalue weighted by atomic mass is 10.0. The molecule has 1 aromatic rings. The molecule has 0 aliphatic carbocycles. The number of amides is 1. The predicted molar refractivity (Wildman–Crippen MR) is 118 cm³/mol. The van der Waals surface area contributed by atoms with Crippen LogP contribution in [0.3, 0.4) is 0 Å². The quantitative estimate of drug-likeness (QED) is 0.598. The average molecular weight is 445 g/mol. The molecule has 0 unspecified atom stereocenters. The zero-order valence-corrected chi connectivity index (χ0v) is 18.6. The second-order valence-electron chi connectivity index (χ2n) is 6.30. The van der Waals surface area contributed by atoms with Crippen molar-refractivity contribution >= 4 is 54.6 Å². The van der Waals surface area contributed by atoms with Crippen molar-refractivity contribution in [3.63, 3.8) is 0 Å². The van der Waals surface area contributed by atoms with E-state index < -0.39 is 0 Å². The average Bonchev–Trinajstić information content (AvgIpc) is 2.59. The predicted octanol–water partition coefficient (Wildman–Crippen LogP) is 2.05. The number of ether oxygens (including phenoxy) is 1. The van der Waals surface area contributed by atoms with Crippen molar-refractivity contribution in [2.24, 2.45) is 0 Å². The third-order valence-electron chi connectivity index (χ3n) is 4.34. The fraction of sp³-hybridized carbons (Fsp3) is 0.647. The van der Waals surface area contributed by atoms with Crippen LogP contribution in [0, 0.1) is 0 Å². The third kappa shape index (κ3) is 9.78. The molecule has 1 aliphatic rings. The van der Waals surface area contributed by atoms with E-state index in [-0.39, 0.29) is 49.7 Å². The number of carbonyl (C=O) groups excluding carboxylic acids is 1. The first kappa shape index (κ1) is 28.4. The van der Waals surface area contributed by atoms with Crippen molar-refractivity contribution in [1.29, 1.82) is 0 Å². The lowest BCUT2D eigenvalue weighted by Crippen LogP contribution is -2.42. The highest BCUT2D eigenvalue weighted by atomic mass is 35.5. The Balaban J connectivity index is 0. The number of piperidine rings is 1. The van der Waals surface area contributed by atoms with Gasteiger partial charge < -0.3 is 25.2 Å². The second-order valence-corrected chi connectivity index (χ2v) is 6.30. The molecule has 158 valence electrons. The zero-order chi connectivity index (χ0) is 17.4. The van der Waals surface area contributed by atoms with E-state index in [1.54, 1.807) is 7.11 Å². The zero-order valence-electron chi connectivity index (χ0n) is 16.1. The summed E-state index contributed by atoms with van der Waals surface area (Å²) in [4.78, 5) is 20.8. The fourth-order valence-corrected chi connectivity index (χ4v) is 2.85. The molecule has 0 radical (unpaired) electrons. The molecule has 1 fully saturated rings. The van der Waals surface area contributed by atoms with Crippen molar-refractivity contribution in [1.82, 2.24) is 15.2 Å². The van der Waals surface area contributed by atoms with Gasteiger partial charge in [-0.3, -0.25) is 4.79 Å². The molecule has 0 bridgehead atoms. The molecule has 1 aliphatic heterocycles. The number of pyridine rings is 1. The van der Waals surface area contributed by atoms with Crippen molar-refractivity contribution in [3.05, 3.63) is 18.3 Å². The number of halogens is 3. The Morgan fingerprint density at radius 1 is 1.26 bits per heavy atom. The normalized spacial score (nSPS) is 14.0. The van der Waals surface area contributed by atoms with E-state index in [1.807, 2.05) is 18.3 Å². The molecular weight excluding hydrogens is 413 g/mol. The summed E-state index contributed by atoms with van der Waals surface area (Å²) in [5.74, 6) is 0.485. The van der Waals surface area contributed by atoms with Gasteiger partial charge >= 0.3 is 0 Å². The Bertz CT molecular complexity index is 512. The number of methoxy groups -OCH3 is 1. The maximum absolute atomic E-state index is 11.8. The van der Waals surface area contributed by atoms with Gasteiger partial charge in [-0.15, -0.1) is 37.2 Å². The van der Waals surface area contributed by atoms with E-state index in [2.05, 4.69) is 39.5 Å². The Kier molecular flexibility index (Phi) is 15.9. The fourth-order valence-electron chi connectivity index (χ4n) is 2.85. The highest BCUT2D eigenvalue weighted by molar-refractivity contribution is 5.91. The van der Waals surface area contributed by atoms with Crippen LogP contribution < -0.4 is 15.5 Å². The van der Waals surface area contributed by atoms with E-state index in [9.17, 15) is 4.79 Å². The first-order valence-corrected chi connectivity index (χ1v) is 8.47. The summed E-state index contributed by atoms with van der Waals surface area (Å²) < 4.78 is 4.92. The summed E-state index contributed by atoms with van der Waals surface area (Å²) in [7, 11) is 5.92. The molecule has 2 heterocycles. The van der Waals surface area contributed by atoms with Gasteiger partial charge in [-0.25, -0.2) is 4.98 Å². The van der Waals surface area contributed by atoms with Crippen LogP contribution in [0.15, 0.2) is 18.3 Å². The first-order chi connectivity index (χ1) is 11.6. The van der Waals surface area contributed by atoms with Gasteiger partial charge in [0, 0.05) is 32.8 Å². The van der Waals surface area contributed by atoms with Crippen molar-refractivity contribution < 1.29 is 9.53 Å². The van der Waals surface area contributed by atoms with Crippen LogP contribution in [0.25, 0.3) is 0 Å². The topological polar surface area (TPSA) is 69.7 Å². The Hall–Kier alpha value is -0.830. The van der Waals surface area contributed by atoms with Crippen LogP contribution in [0.5, 0.6) is 0 Å². The summed E-state index contributed by atoms with van der Waals surface area (Å²) in [6.45, 7) is 3.58. The summed E-state index contributed by atoms with van der Waals surface area (Å²) in [6, 6.07) is 4.55. The van der Waals surface area contributed by atoms with Crippen LogP contribution in [0.2, 0.25) is 0 Å². The molecule has 0 atom stereocenters. The summed E-state index contributed by atoms with van der Waals surface area (Å²) in [5, 5.41) is 5.80. The Morgan fingerprint density at radius 3 is 2.44 bits per heavy atom. The van der Waals surface area contributed by atoms with Crippen molar-refractivity contribution in [3.8, 4) is 0 Å². The number of aromatic nitrogens is 1. The number of carbonyl (C=O) groups is 1. The van der Waals surface area contributed by atoms with Gasteiger partial charge in [0.25, 0.3) is 0 Å². The van der Waals surface area contributed by atoms with Gasteiger partial charge in [0.1, 0.15) is 5.82 Å². The summed E-state index contributed by atoms with van der Waals surface area (Å²) in [5.41, 5.74) is 1.11. The van der Waals surface area contributed by atoms with Gasteiger partial charge in [-0.05, 0) is 39.1 Å². The minimum absolute atomic E-state index is 0. The summed E-state index contributed by atoms with van der Waals surface area (Å²) in [6.07, 6.45) is 4.17. The van der Waals surface area contributed by atoms with Gasteiger partial charge in [0.15, 0.2) is 0 Å². The molecule has 2 N–H and O–H groups in total. The number of hydrogen-bond acceptors (Lipinski definition) is 6. The molecule has 2 rings (SSSR count). The molecule has 1 aromatic heterocycles. The Morgan fingerprint density at radius 2 is 1.93 bits per heavy atom. The molecule has 0 saturated carbocycles. The SMILES string of the molecule is COCCNCC(=O)Nc1ccc(N2CCC(N(C)C)CC2)cn1.Cl.Cl.Cl. The lowest BCUT2D eigenvalue weighted by molar-refractivity contribution is -0.115. The number of nitrogens with one attached hydrogen (secondary N) is 2. The van der Waals surface area contributed by atoms with E-state index in [1.165, 1.54) is 12.8 Å². The van der Waals surface area contributed by atoms with Gasteiger partial charge in [-0.1, -0.05) is 0 Å². The molecule has 1 saturated heterocycles. The van der Waals surface area contributed by atoms with Gasteiger partial charge in [0.05, 0.1) is 25.0 Å². The van der Waals surface area contributed by atoms with E-state index in [4.69, 9.17) is 4.74 Å². The molecule has 7 nitrogen and oxygen atoms in total. The highest BCUT2D eigenvalue weighted by Gasteiger charge is 2.20. The smallest absolute Gasteiger partial charge is 0.239 e. The minimum Gasteiger partial charge on any atom is -0.383 e. The number of rotatable bonds is 8. The maximum atomic E-state index is 11.8. The lowest BCUT2D eigenvalue weighted by Gasteiger charge is -2.36. The van der Waals surface area contributed by atoms with Gasteiger partial charge in [-0.2, -0.15) is 0 Å². The largest absolute Gasteiger partial charge is 0.383 e. The van der Waals surface area contributed by atoms with E-state index in [0.29, 0.717) is 25.0 Å². The van der Waals surface area contributed by atoms with Gasteiger partial charge in [0.2, 0.25) is 5.91 Å². The standard InChI is InChI=1S/C17H29N5O2.3ClH/c1-21(2)14-6-9-22(10-7-14)15-4-5-16(19-12-15)20-17(23)13-18-8-11-24-3;;;/h4-5,12,14,18H,6-11,13H2,1-3H3,(H,19,20,23);3*1H. The summed E-state index contributed by atoms with van der Waals surface area (Å²) >= 11 is 0. The maximum Gasteiger partial charge on any atom is 0.239 e. The van der Waals surface area contributed by atoms with Crippen LogP contribution in [0.1, 0.15) is 12.8 Å². The molecule has 27 heavy (non-hydrogen) atoms. The van der Waals surface area contributed by atoms with E-state index in [0.717, 1.165) is 18.8 Å². The molecule has 0 spiro atoms. The number of hydrogen-bond donors (Lipinski definition) is 2. The highest BCUT2D eigenvalue weighted by Crippen LogP contribution is 2.21. The second kappa shape index (κ2) is 15.1. The van der Waals surface area contributed by atoms with Crippen LogP contribution >= 0.6 is 37.2 Å².